The molecule has 0 heterocycles. The second-order valence-corrected chi connectivity index (χ2v) is 6.73. The van der Waals surface area contributed by atoms with E-state index in [0.717, 1.165) is 20.1 Å². The van der Waals surface area contributed by atoms with Gasteiger partial charge in [0.05, 0.1) is 5.38 Å². The van der Waals surface area contributed by atoms with Gasteiger partial charge in [-0.25, -0.2) is 4.39 Å². The molecule has 0 aromatic heterocycles. The van der Waals surface area contributed by atoms with E-state index in [9.17, 15) is 4.39 Å². The highest BCUT2D eigenvalue weighted by Gasteiger charge is 2.19. The van der Waals surface area contributed by atoms with Gasteiger partial charge in [-0.15, -0.1) is 11.6 Å². The highest BCUT2D eigenvalue weighted by molar-refractivity contribution is 9.11. The lowest BCUT2D eigenvalue weighted by molar-refractivity contribution is 0.612. The van der Waals surface area contributed by atoms with Crippen LogP contribution in [0.5, 0.6) is 0 Å². The van der Waals surface area contributed by atoms with Crippen LogP contribution in [0.2, 0.25) is 5.02 Å². The van der Waals surface area contributed by atoms with Crippen LogP contribution < -0.4 is 0 Å². The first kappa shape index (κ1) is 15.3. The normalized spacial score (nSPS) is 12.5. The van der Waals surface area contributed by atoms with Gasteiger partial charge in [0.25, 0.3) is 0 Å². The van der Waals surface area contributed by atoms with E-state index in [-0.39, 0.29) is 5.82 Å². The number of halogens is 5. The third kappa shape index (κ3) is 3.33. The summed E-state index contributed by atoms with van der Waals surface area (Å²) in [5.74, 6) is -0.368. The lowest BCUT2D eigenvalue weighted by Gasteiger charge is -2.15. The summed E-state index contributed by atoms with van der Waals surface area (Å²) in [6.45, 7) is 1.97. The van der Waals surface area contributed by atoms with Crippen molar-refractivity contribution < 1.29 is 4.39 Å². The predicted octanol–water partition coefficient (Wildman–Crippen LogP) is 6.64. The van der Waals surface area contributed by atoms with Gasteiger partial charge in [-0.05, 0) is 48.4 Å². The van der Waals surface area contributed by atoms with Crippen LogP contribution in [0.15, 0.2) is 39.3 Å². The van der Waals surface area contributed by atoms with Gasteiger partial charge < -0.3 is 0 Å². The fraction of sp³-hybridized carbons (Fsp3) is 0.143. The molecule has 2 aromatic rings. The Balaban J connectivity index is 2.52. The van der Waals surface area contributed by atoms with Gasteiger partial charge in [0.2, 0.25) is 0 Å². The summed E-state index contributed by atoms with van der Waals surface area (Å²) in [5.41, 5.74) is 2.23. The Labute approximate surface area is 138 Å². The summed E-state index contributed by atoms with van der Waals surface area (Å²) in [6, 6.07) is 8.21. The van der Waals surface area contributed by atoms with E-state index in [1.165, 1.54) is 12.1 Å². The Kier molecular flexibility index (Phi) is 4.93. The second kappa shape index (κ2) is 6.13. The molecule has 2 aromatic carbocycles. The van der Waals surface area contributed by atoms with E-state index in [1.807, 2.05) is 19.1 Å². The second-order valence-electron chi connectivity index (χ2n) is 4.15. The molecule has 0 nitrogen and oxygen atoms in total. The minimum absolute atomic E-state index is 0.366. The molecule has 5 heteroatoms. The van der Waals surface area contributed by atoms with E-state index in [0.29, 0.717) is 10.6 Å². The van der Waals surface area contributed by atoms with Crippen molar-refractivity contribution in [3.05, 3.63) is 66.8 Å². The molecular weight excluding hydrogens is 418 g/mol. The van der Waals surface area contributed by atoms with Crippen LogP contribution in [0.4, 0.5) is 4.39 Å². The van der Waals surface area contributed by atoms with Crippen molar-refractivity contribution in [3.8, 4) is 0 Å². The van der Waals surface area contributed by atoms with Crippen molar-refractivity contribution in [1.82, 2.24) is 0 Å². The molecule has 1 unspecified atom stereocenters. The maximum Gasteiger partial charge on any atom is 0.128 e. The van der Waals surface area contributed by atoms with Crippen molar-refractivity contribution in [2.75, 3.05) is 0 Å². The van der Waals surface area contributed by atoms with Gasteiger partial charge in [0.15, 0.2) is 0 Å². The van der Waals surface area contributed by atoms with E-state index < -0.39 is 5.38 Å². The molecule has 0 amide bonds. The van der Waals surface area contributed by atoms with Crippen molar-refractivity contribution in [2.24, 2.45) is 0 Å². The highest BCUT2D eigenvalue weighted by atomic mass is 79.9. The van der Waals surface area contributed by atoms with Gasteiger partial charge >= 0.3 is 0 Å². The molecule has 0 bridgehead atoms. The number of hydrogen-bond donors (Lipinski definition) is 0. The molecule has 1 atom stereocenters. The van der Waals surface area contributed by atoms with Crippen LogP contribution in [-0.4, -0.2) is 0 Å². The van der Waals surface area contributed by atoms with Gasteiger partial charge in [0.1, 0.15) is 5.82 Å². The van der Waals surface area contributed by atoms with Crippen LogP contribution in [-0.2, 0) is 0 Å². The quantitative estimate of drug-likeness (QED) is 0.472. The lowest BCUT2D eigenvalue weighted by atomic mass is 10.0. The number of aryl methyl sites for hydroxylation is 1. The largest absolute Gasteiger partial charge is 0.207 e. The van der Waals surface area contributed by atoms with Crippen molar-refractivity contribution in [2.45, 2.75) is 12.3 Å². The average Bonchev–Trinajstić information content (AvgIpc) is 2.36. The Hall–Kier alpha value is -0.0900. The Morgan fingerprint density at radius 2 is 1.74 bits per heavy atom. The molecule has 0 saturated carbocycles. The molecule has 0 fully saturated rings. The molecule has 0 spiro atoms. The molecule has 0 N–H and O–H groups in total. The van der Waals surface area contributed by atoms with Gasteiger partial charge in [-0.3, -0.25) is 0 Å². The minimum Gasteiger partial charge on any atom is -0.207 e. The number of benzene rings is 2. The van der Waals surface area contributed by atoms with Crippen molar-refractivity contribution >= 4 is 55.1 Å². The Morgan fingerprint density at radius 1 is 1.05 bits per heavy atom. The number of hydrogen-bond acceptors (Lipinski definition) is 0. The van der Waals surface area contributed by atoms with E-state index >= 15 is 0 Å². The molecular formula is C14H9Br2Cl2F. The zero-order chi connectivity index (χ0) is 14.2. The first-order valence-electron chi connectivity index (χ1n) is 5.44. The summed E-state index contributed by atoms with van der Waals surface area (Å²) in [5, 5.41) is -0.144. The summed E-state index contributed by atoms with van der Waals surface area (Å²) < 4.78 is 15.6. The molecule has 0 aliphatic carbocycles. The minimum atomic E-state index is -0.607. The fourth-order valence-corrected chi connectivity index (χ4v) is 3.44. The van der Waals surface area contributed by atoms with Crippen LogP contribution in [0.25, 0.3) is 0 Å². The summed E-state index contributed by atoms with van der Waals surface area (Å²) in [7, 11) is 0. The standard InChI is InChI=1S/C14H9Br2Cl2F/c1-7-4-12(16)9(6-11(7)15)14(18)10-5-8(17)2-3-13(10)19/h2-6,14H,1H3. The van der Waals surface area contributed by atoms with Crippen LogP contribution >= 0.6 is 55.1 Å². The SMILES string of the molecule is Cc1cc(Br)c(C(Cl)c2cc(Cl)ccc2F)cc1Br. The average molecular weight is 427 g/mol. The van der Waals surface area contributed by atoms with Crippen LogP contribution in [0.3, 0.4) is 0 Å². The van der Waals surface area contributed by atoms with Gasteiger partial charge in [0, 0.05) is 19.5 Å². The van der Waals surface area contributed by atoms with E-state index in [4.69, 9.17) is 23.2 Å². The highest BCUT2D eigenvalue weighted by Crippen LogP contribution is 2.38. The smallest absolute Gasteiger partial charge is 0.128 e. The molecule has 0 saturated heterocycles. The first-order valence-corrected chi connectivity index (χ1v) is 7.84. The molecule has 0 aliphatic heterocycles. The monoisotopic (exact) mass is 424 g/mol. The topological polar surface area (TPSA) is 0 Å². The van der Waals surface area contributed by atoms with E-state index in [1.54, 1.807) is 6.07 Å². The van der Waals surface area contributed by atoms with E-state index in [2.05, 4.69) is 31.9 Å². The summed E-state index contributed by atoms with van der Waals surface area (Å²) >= 11 is 19.2. The molecule has 2 rings (SSSR count). The number of alkyl halides is 1. The predicted molar refractivity (Wildman–Crippen MR) is 85.7 cm³/mol. The molecule has 19 heavy (non-hydrogen) atoms. The fourth-order valence-electron chi connectivity index (χ4n) is 1.73. The molecule has 0 aliphatic rings. The first-order chi connectivity index (χ1) is 8.90. The lowest BCUT2D eigenvalue weighted by Crippen LogP contribution is -1.99. The number of rotatable bonds is 2. The maximum absolute atomic E-state index is 13.8. The zero-order valence-electron chi connectivity index (χ0n) is 9.85. The third-order valence-corrected chi connectivity index (χ3v) is 5.03. The van der Waals surface area contributed by atoms with Gasteiger partial charge in [-0.2, -0.15) is 0 Å². The van der Waals surface area contributed by atoms with Crippen molar-refractivity contribution in [1.29, 1.82) is 0 Å². The van der Waals surface area contributed by atoms with Gasteiger partial charge in [-0.1, -0.05) is 43.5 Å². The maximum atomic E-state index is 13.8. The summed E-state index contributed by atoms with van der Waals surface area (Å²) in [4.78, 5) is 0. The molecule has 100 valence electrons. The third-order valence-electron chi connectivity index (χ3n) is 2.78. The van der Waals surface area contributed by atoms with Crippen LogP contribution in [0, 0.1) is 12.7 Å². The zero-order valence-corrected chi connectivity index (χ0v) is 14.5. The Morgan fingerprint density at radius 3 is 2.42 bits per heavy atom. The summed E-state index contributed by atoms with van der Waals surface area (Å²) in [6.07, 6.45) is 0. The van der Waals surface area contributed by atoms with Crippen molar-refractivity contribution in [3.63, 3.8) is 0 Å². The molecule has 0 radical (unpaired) electrons. The Bertz CT molecular complexity index is 629. The van der Waals surface area contributed by atoms with Crippen LogP contribution in [0.1, 0.15) is 22.1 Å².